The Morgan fingerprint density at radius 3 is 2.08 bits per heavy atom. The Kier molecular flexibility index (Phi) is 6.36. The number of hydrogen-bond acceptors (Lipinski definition) is 5. The van der Waals surface area contributed by atoms with Crippen molar-refractivity contribution in [3.63, 3.8) is 0 Å². The van der Waals surface area contributed by atoms with E-state index in [4.69, 9.17) is 14.7 Å². The topological polar surface area (TPSA) is 72.4 Å². The molecule has 2 heterocycles. The largest absolute Gasteiger partial charge is 0.462 e. The molecule has 5 aromatic rings. The first-order valence-corrected chi connectivity index (χ1v) is 12.7. The lowest BCUT2D eigenvalue weighted by molar-refractivity contribution is -0.119. The fourth-order valence-electron chi connectivity index (χ4n) is 4.82. The van der Waals surface area contributed by atoms with Crippen molar-refractivity contribution >= 4 is 28.6 Å². The summed E-state index contributed by atoms with van der Waals surface area (Å²) in [7, 11) is 0. The highest BCUT2D eigenvalue weighted by Gasteiger charge is 2.24. The summed E-state index contributed by atoms with van der Waals surface area (Å²) in [4.78, 5) is 37.2. The number of para-hydroxylation sites is 1. The third-order valence-corrected chi connectivity index (χ3v) is 6.73. The molecule has 0 saturated carbocycles. The van der Waals surface area contributed by atoms with E-state index in [0.29, 0.717) is 23.1 Å². The molecule has 38 heavy (non-hydrogen) atoms. The van der Waals surface area contributed by atoms with Crippen molar-refractivity contribution in [3.05, 3.63) is 114 Å². The van der Waals surface area contributed by atoms with E-state index in [1.165, 1.54) is 5.56 Å². The Balaban J connectivity index is 1.21. The molecule has 0 fully saturated rings. The van der Waals surface area contributed by atoms with Crippen LogP contribution in [0.25, 0.3) is 33.5 Å². The van der Waals surface area contributed by atoms with Crippen LogP contribution >= 0.6 is 0 Å². The van der Waals surface area contributed by atoms with Crippen LogP contribution in [0.3, 0.4) is 0 Å². The van der Waals surface area contributed by atoms with Gasteiger partial charge in [-0.25, -0.2) is 14.8 Å². The van der Waals surface area contributed by atoms with Gasteiger partial charge >= 0.3 is 5.97 Å². The van der Waals surface area contributed by atoms with Gasteiger partial charge < -0.3 is 9.64 Å². The van der Waals surface area contributed by atoms with Crippen molar-refractivity contribution in [1.82, 2.24) is 9.97 Å². The van der Waals surface area contributed by atoms with E-state index in [0.717, 1.165) is 34.6 Å². The van der Waals surface area contributed by atoms with Gasteiger partial charge in [-0.1, -0.05) is 78.9 Å². The highest BCUT2D eigenvalue weighted by Crippen LogP contribution is 2.31. The van der Waals surface area contributed by atoms with E-state index >= 15 is 0 Å². The fraction of sp³-hybridized carbons (Fsp3) is 0.125. The van der Waals surface area contributed by atoms with Crippen LogP contribution in [-0.2, 0) is 16.0 Å². The van der Waals surface area contributed by atoms with Crippen LogP contribution in [0.2, 0.25) is 0 Å². The molecule has 1 aromatic heterocycles. The van der Waals surface area contributed by atoms with E-state index in [9.17, 15) is 9.59 Å². The second-order valence-corrected chi connectivity index (χ2v) is 9.17. The highest BCUT2D eigenvalue weighted by atomic mass is 16.5. The molecule has 6 rings (SSSR count). The van der Waals surface area contributed by atoms with Gasteiger partial charge in [0, 0.05) is 23.4 Å². The zero-order chi connectivity index (χ0) is 25.9. The Hall–Kier alpha value is -4.84. The molecule has 4 aromatic carbocycles. The molecule has 1 aliphatic heterocycles. The SMILES string of the molecule is O=C(OCCC(=O)N1CCc2ccccc21)c1ccc2nc(-c3ccccc3)c(-c3ccccc3)nc2c1. The smallest absolute Gasteiger partial charge is 0.338 e. The van der Waals surface area contributed by atoms with Gasteiger partial charge in [0.05, 0.1) is 34.4 Å². The molecular formula is C32H25N3O3. The standard InChI is InChI=1S/C32H25N3O3/c36-29(35-19-17-22-9-7-8-14-28(22)35)18-20-38-32(37)25-15-16-26-27(21-25)34-31(24-12-5-2-6-13-24)30(33-26)23-10-3-1-4-11-23/h1-16,21H,17-20H2. The molecule has 6 heteroatoms. The van der Waals surface area contributed by atoms with Crippen LogP contribution in [0.15, 0.2) is 103 Å². The zero-order valence-electron chi connectivity index (χ0n) is 20.7. The minimum Gasteiger partial charge on any atom is -0.462 e. The molecule has 0 aliphatic carbocycles. The summed E-state index contributed by atoms with van der Waals surface area (Å²) in [5.74, 6) is -0.537. The van der Waals surface area contributed by atoms with Crippen molar-refractivity contribution in [2.24, 2.45) is 0 Å². The molecule has 186 valence electrons. The third kappa shape index (κ3) is 4.64. The summed E-state index contributed by atoms with van der Waals surface area (Å²) in [6, 6.07) is 32.9. The average Bonchev–Trinajstić information content (AvgIpc) is 3.41. The lowest BCUT2D eigenvalue weighted by Gasteiger charge is -2.17. The molecule has 6 nitrogen and oxygen atoms in total. The molecule has 0 saturated heterocycles. The number of rotatable bonds is 6. The Bertz CT molecular complexity index is 1630. The molecule has 0 spiro atoms. The first kappa shape index (κ1) is 23.6. The van der Waals surface area contributed by atoms with Gasteiger partial charge in [0.25, 0.3) is 0 Å². The Morgan fingerprint density at radius 2 is 1.37 bits per heavy atom. The van der Waals surface area contributed by atoms with Crippen molar-refractivity contribution in [3.8, 4) is 22.5 Å². The van der Waals surface area contributed by atoms with Gasteiger partial charge in [0.15, 0.2) is 0 Å². The van der Waals surface area contributed by atoms with Gasteiger partial charge in [-0.05, 0) is 36.2 Å². The Labute approximate surface area is 220 Å². The first-order chi connectivity index (χ1) is 18.7. The summed E-state index contributed by atoms with van der Waals surface area (Å²) in [6.45, 7) is 0.673. The molecular weight excluding hydrogens is 474 g/mol. The maximum Gasteiger partial charge on any atom is 0.338 e. The van der Waals surface area contributed by atoms with E-state index in [2.05, 4.69) is 0 Å². The predicted molar refractivity (Wildman–Crippen MR) is 148 cm³/mol. The average molecular weight is 500 g/mol. The van der Waals surface area contributed by atoms with Crippen molar-refractivity contribution in [2.75, 3.05) is 18.1 Å². The lowest BCUT2D eigenvalue weighted by atomic mass is 10.0. The molecule has 0 bridgehead atoms. The number of hydrogen-bond donors (Lipinski definition) is 0. The number of fused-ring (bicyclic) bond motifs is 2. The predicted octanol–water partition coefficient (Wildman–Crippen LogP) is 6.10. The number of nitrogens with zero attached hydrogens (tertiary/aromatic N) is 3. The summed E-state index contributed by atoms with van der Waals surface area (Å²) in [6.07, 6.45) is 0.975. The van der Waals surface area contributed by atoms with Crippen LogP contribution in [0.1, 0.15) is 22.3 Å². The number of benzene rings is 4. The summed E-state index contributed by atoms with van der Waals surface area (Å²) in [5.41, 5.74) is 7.20. The summed E-state index contributed by atoms with van der Waals surface area (Å²) >= 11 is 0. The van der Waals surface area contributed by atoms with Gasteiger partial charge in [-0.15, -0.1) is 0 Å². The van der Waals surface area contributed by atoms with Crippen molar-refractivity contribution < 1.29 is 14.3 Å². The minimum absolute atomic E-state index is 0.0161. The summed E-state index contributed by atoms with van der Waals surface area (Å²) in [5, 5.41) is 0. The molecule has 1 aliphatic rings. The zero-order valence-corrected chi connectivity index (χ0v) is 20.7. The number of amides is 1. The molecule has 0 radical (unpaired) electrons. The van der Waals surface area contributed by atoms with E-state index in [1.54, 1.807) is 23.1 Å². The van der Waals surface area contributed by atoms with E-state index < -0.39 is 5.97 Å². The number of carbonyl (C=O) groups is 2. The number of esters is 1. The monoisotopic (exact) mass is 499 g/mol. The fourth-order valence-corrected chi connectivity index (χ4v) is 4.82. The van der Waals surface area contributed by atoms with Gasteiger partial charge in [0.2, 0.25) is 5.91 Å². The van der Waals surface area contributed by atoms with Gasteiger partial charge in [0.1, 0.15) is 6.61 Å². The first-order valence-electron chi connectivity index (χ1n) is 12.7. The molecule has 0 unspecified atom stereocenters. The van der Waals surface area contributed by atoms with E-state index in [-0.39, 0.29) is 18.9 Å². The van der Waals surface area contributed by atoms with Crippen LogP contribution in [-0.4, -0.2) is 35.0 Å². The second kappa shape index (κ2) is 10.3. The molecule has 0 atom stereocenters. The van der Waals surface area contributed by atoms with Crippen molar-refractivity contribution in [2.45, 2.75) is 12.8 Å². The number of aromatic nitrogens is 2. The number of ether oxygens (including phenoxy) is 1. The van der Waals surface area contributed by atoms with Crippen LogP contribution < -0.4 is 4.90 Å². The second-order valence-electron chi connectivity index (χ2n) is 9.17. The maximum absolute atomic E-state index is 12.8. The van der Waals surface area contributed by atoms with Crippen molar-refractivity contribution in [1.29, 1.82) is 0 Å². The van der Waals surface area contributed by atoms with Gasteiger partial charge in [-0.2, -0.15) is 0 Å². The normalized spacial score (nSPS) is 12.4. The minimum atomic E-state index is -0.489. The van der Waals surface area contributed by atoms with Crippen LogP contribution in [0.4, 0.5) is 5.69 Å². The Morgan fingerprint density at radius 1 is 0.737 bits per heavy atom. The van der Waals surface area contributed by atoms with Gasteiger partial charge in [-0.3, -0.25) is 4.79 Å². The van der Waals surface area contributed by atoms with E-state index in [1.807, 2.05) is 84.9 Å². The number of carbonyl (C=O) groups excluding carboxylic acids is 2. The molecule has 1 amide bonds. The van der Waals surface area contributed by atoms with Crippen LogP contribution in [0.5, 0.6) is 0 Å². The maximum atomic E-state index is 12.8. The summed E-state index contributed by atoms with van der Waals surface area (Å²) < 4.78 is 5.47. The molecule has 0 N–H and O–H groups in total. The lowest BCUT2D eigenvalue weighted by Crippen LogP contribution is -2.29. The van der Waals surface area contributed by atoms with Crippen LogP contribution in [0, 0.1) is 0 Å². The number of anilines is 1. The third-order valence-electron chi connectivity index (χ3n) is 6.73. The highest BCUT2D eigenvalue weighted by molar-refractivity contribution is 5.97. The quantitative estimate of drug-likeness (QED) is 0.264.